The van der Waals surface area contributed by atoms with Crippen molar-refractivity contribution in [1.29, 1.82) is 0 Å². The second-order valence-corrected chi connectivity index (χ2v) is 5.68. The number of nitrogens with one attached hydrogen (secondary N) is 3. The highest BCUT2D eigenvalue weighted by Crippen LogP contribution is 2.09. The number of carbonyl (C=O) groups excluding carboxylic acids is 2. The lowest BCUT2D eigenvalue weighted by atomic mass is 10.2. The van der Waals surface area contributed by atoms with Gasteiger partial charge in [0.1, 0.15) is 6.04 Å². The van der Waals surface area contributed by atoms with Crippen LogP contribution in [0.3, 0.4) is 0 Å². The average molecular weight is 346 g/mol. The molecule has 1 aliphatic heterocycles. The van der Waals surface area contributed by atoms with E-state index in [0.29, 0.717) is 23.2 Å². The summed E-state index contributed by atoms with van der Waals surface area (Å²) >= 11 is 5.77. The molecule has 1 aromatic carbocycles. The molecule has 0 spiro atoms. The van der Waals surface area contributed by atoms with Gasteiger partial charge in [-0.25, -0.2) is 0 Å². The van der Waals surface area contributed by atoms with Crippen molar-refractivity contribution >= 4 is 35.8 Å². The Labute approximate surface area is 141 Å². The molecule has 0 bridgehead atoms. The lowest BCUT2D eigenvalue weighted by molar-refractivity contribution is -0.122. The molecule has 1 aliphatic rings. The van der Waals surface area contributed by atoms with Crippen LogP contribution >= 0.6 is 24.0 Å². The van der Waals surface area contributed by atoms with Crippen molar-refractivity contribution in [3.05, 3.63) is 34.9 Å². The number of benzene rings is 1. The third-order valence-electron chi connectivity index (χ3n) is 3.53. The normalized spacial score (nSPS) is 18.2. The molecular weight excluding hydrogens is 325 g/mol. The fourth-order valence-electron chi connectivity index (χ4n) is 2.25. The molecule has 2 rings (SSSR count). The van der Waals surface area contributed by atoms with Crippen molar-refractivity contribution in [2.45, 2.75) is 31.8 Å². The summed E-state index contributed by atoms with van der Waals surface area (Å²) in [4.78, 5) is 23.9. The molecule has 1 fully saturated rings. The van der Waals surface area contributed by atoms with Crippen molar-refractivity contribution in [2.75, 3.05) is 13.1 Å². The van der Waals surface area contributed by atoms with E-state index in [1.54, 1.807) is 31.2 Å². The van der Waals surface area contributed by atoms with Crippen LogP contribution in [0.5, 0.6) is 0 Å². The van der Waals surface area contributed by atoms with E-state index in [0.717, 1.165) is 19.4 Å². The van der Waals surface area contributed by atoms with Crippen molar-refractivity contribution in [1.82, 2.24) is 16.0 Å². The zero-order valence-corrected chi connectivity index (χ0v) is 14.0. The highest BCUT2D eigenvalue weighted by molar-refractivity contribution is 6.30. The van der Waals surface area contributed by atoms with Gasteiger partial charge in [-0.2, -0.15) is 0 Å². The van der Waals surface area contributed by atoms with Crippen molar-refractivity contribution in [2.24, 2.45) is 0 Å². The van der Waals surface area contributed by atoms with Crippen molar-refractivity contribution in [3.8, 4) is 0 Å². The Morgan fingerprint density at radius 1 is 1.36 bits per heavy atom. The maximum absolute atomic E-state index is 12.0. The van der Waals surface area contributed by atoms with Gasteiger partial charge in [0.15, 0.2) is 0 Å². The molecule has 7 heteroatoms. The van der Waals surface area contributed by atoms with Crippen LogP contribution in [0.25, 0.3) is 0 Å². The summed E-state index contributed by atoms with van der Waals surface area (Å²) in [5, 5.41) is 9.41. The van der Waals surface area contributed by atoms with E-state index in [4.69, 9.17) is 11.6 Å². The van der Waals surface area contributed by atoms with Crippen LogP contribution in [0.2, 0.25) is 5.02 Å². The minimum absolute atomic E-state index is 0. The first-order chi connectivity index (χ1) is 10.1. The minimum atomic E-state index is -0.574. The van der Waals surface area contributed by atoms with E-state index in [1.807, 2.05) is 0 Å². The van der Waals surface area contributed by atoms with E-state index in [1.165, 1.54) is 0 Å². The summed E-state index contributed by atoms with van der Waals surface area (Å²) in [6.45, 7) is 3.27. The molecule has 1 saturated heterocycles. The van der Waals surface area contributed by atoms with Crippen LogP contribution in [-0.2, 0) is 4.79 Å². The predicted molar refractivity (Wildman–Crippen MR) is 89.7 cm³/mol. The van der Waals surface area contributed by atoms with E-state index in [-0.39, 0.29) is 24.2 Å². The highest BCUT2D eigenvalue weighted by atomic mass is 35.5. The van der Waals surface area contributed by atoms with Gasteiger partial charge in [0.2, 0.25) is 5.91 Å². The van der Waals surface area contributed by atoms with Gasteiger partial charge in [0.25, 0.3) is 5.91 Å². The molecule has 122 valence electrons. The van der Waals surface area contributed by atoms with Crippen LogP contribution in [0.1, 0.15) is 30.1 Å². The van der Waals surface area contributed by atoms with Crippen LogP contribution < -0.4 is 16.0 Å². The summed E-state index contributed by atoms with van der Waals surface area (Å²) in [6.07, 6.45) is 2.22. The Morgan fingerprint density at radius 2 is 2.05 bits per heavy atom. The summed E-state index contributed by atoms with van der Waals surface area (Å²) in [5.74, 6) is -0.459. The number of rotatable bonds is 5. The Hall–Kier alpha value is -1.30. The molecule has 1 heterocycles. The molecule has 0 aliphatic carbocycles. The monoisotopic (exact) mass is 345 g/mol. The van der Waals surface area contributed by atoms with Crippen LogP contribution in [0.4, 0.5) is 0 Å². The third kappa shape index (κ3) is 5.48. The summed E-state index contributed by atoms with van der Waals surface area (Å²) in [6, 6.07) is 6.32. The summed E-state index contributed by atoms with van der Waals surface area (Å²) < 4.78 is 0. The second-order valence-electron chi connectivity index (χ2n) is 5.24. The van der Waals surface area contributed by atoms with E-state index in [9.17, 15) is 9.59 Å². The van der Waals surface area contributed by atoms with Crippen LogP contribution in [0.15, 0.2) is 24.3 Å². The van der Waals surface area contributed by atoms with Gasteiger partial charge in [0.05, 0.1) is 0 Å². The molecule has 3 N–H and O–H groups in total. The molecule has 2 amide bonds. The topological polar surface area (TPSA) is 70.2 Å². The molecule has 2 atom stereocenters. The van der Waals surface area contributed by atoms with Crippen molar-refractivity contribution in [3.63, 3.8) is 0 Å². The first-order valence-electron chi connectivity index (χ1n) is 7.14. The zero-order chi connectivity index (χ0) is 15.2. The second kappa shape index (κ2) is 8.98. The SMILES string of the molecule is CC(NC(=O)c1ccc(Cl)cc1)C(=O)NCC1CCCN1.Cl. The Bertz CT molecular complexity index is 502. The Balaban J connectivity index is 0.00000242. The fourth-order valence-corrected chi connectivity index (χ4v) is 2.38. The standard InChI is InChI=1S/C15H20ClN3O2.ClH/c1-10(14(20)18-9-13-3-2-8-17-13)19-15(21)11-4-6-12(16)7-5-11;/h4-7,10,13,17H,2-3,8-9H2,1H3,(H,18,20)(H,19,21);1H. The smallest absolute Gasteiger partial charge is 0.251 e. The Morgan fingerprint density at radius 3 is 2.64 bits per heavy atom. The van der Waals surface area contributed by atoms with Gasteiger partial charge < -0.3 is 16.0 Å². The number of carbonyl (C=O) groups is 2. The van der Waals surface area contributed by atoms with Crippen LogP contribution in [-0.4, -0.2) is 37.0 Å². The number of hydrogen-bond acceptors (Lipinski definition) is 3. The van der Waals surface area contributed by atoms with Gasteiger partial charge in [0, 0.05) is 23.2 Å². The Kier molecular flexibility index (Phi) is 7.65. The molecule has 0 saturated carbocycles. The maximum atomic E-state index is 12.0. The number of hydrogen-bond donors (Lipinski definition) is 3. The molecular formula is C15H21Cl2N3O2. The van der Waals surface area contributed by atoms with Crippen LogP contribution in [0, 0.1) is 0 Å². The highest BCUT2D eigenvalue weighted by Gasteiger charge is 2.19. The van der Waals surface area contributed by atoms with Gasteiger partial charge in [-0.15, -0.1) is 12.4 Å². The molecule has 2 unspecified atom stereocenters. The molecule has 0 radical (unpaired) electrons. The predicted octanol–water partition coefficient (Wildman–Crippen LogP) is 1.75. The maximum Gasteiger partial charge on any atom is 0.251 e. The number of amides is 2. The molecule has 22 heavy (non-hydrogen) atoms. The van der Waals surface area contributed by atoms with Gasteiger partial charge in [-0.3, -0.25) is 9.59 Å². The van der Waals surface area contributed by atoms with Gasteiger partial charge >= 0.3 is 0 Å². The third-order valence-corrected chi connectivity index (χ3v) is 3.78. The first kappa shape index (κ1) is 18.7. The lowest BCUT2D eigenvalue weighted by Gasteiger charge is -2.16. The van der Waals surface area contributed by atoms with E-state index < -0.39 is 6.04 Å². The molecule has 0 aromatic heterocycles. The zero-order valence-electron chi connectivity index (χ0n) is 12.4. The van der Waals surface area contributed by atoms with Crippen molar-refractivity contribution < 1.29 is 9.59 Å². The van der Waals surface area contributed by atoms with E-state index >= 15 is 0 Å². The fraction of sp³-hybridized carbons (Fsp3) is 0.467. The number of halogens is 2. The molecule has 5 nitrogen and oxygen atoms in total. The van der Waals surface area contributed by atoms with E-state index in [2.05, 4.69) is 16.0 Å². The first-order valence-corrected chi connectivity index (χ1v) is 7.51. The minimum Gasteiger partial charge on any atom is -0.353 e. The molecule has 1 aromatic rings. The summed E-state index contributed by atoms with van der Waals surface area (Å²) in [7, 11) is 0. The quantitative estimate of drug-likeness (QED) is 0.761. The van der Waals surface area contributed by atoms with Gasteiger partial charge in [-0.1, -0.05) is 11.6 Å². The van der Waals surface area contributed by atoms with Gasteiger partial charge in [-0.05, 0) is 50.6 Å². The average Bonchev–Trinajstić information content (AvgIpc) is 2.98. The lowest BCUT2D eigenvalue weighted by Crippen LogP contribution is -2.47. The summed E-state index contributed by atoms with van der Waals surface area (Å²) in [5.41, 5.74) is 0.483. The largest absolute Gasteiger partial charge is 0.353 e.